The fourth-order valence-electron chi connectivity index (χ4n) is 2.03. The van der Waals surface area contributed by atoms with Gasteiger partial charge in [-0.15, -0.1) is 11.3 Å². The number of carbonyl (C=O) groups excluding carboxylic acids is 1. The molecule has 2 heterocycles. The zero-order valence-electron chi connectivity index (χ0n) is 11.7. The Labute approximate surface area is 126 Å². The molecule has 0 saturated heterocycles. The molecule has 3 rings (SSSR count). The molecule has 1 N–H and O–H groups in total. The van der Waals surface area contributed by atoms with Gasteiger partial charge in [0.05, 0.1) is 0 Å². The fraction of sp³-hybridized carbons (Fsp3) is 0.125. The third-order valence-electron chi connectivity index (χ3n) is 3.08. The highest BCUT2D eigenvalue weighted by atomic mass is 32.1. The van der Waals surface area contributed by atoms with Crippen molar-refractivity contribution in [2.75, 3.05) is 5.32 Å². The average molecular weight is 298 g/mol. The summed E-state index contributed by atoms with van der Waals surface area (Å²) in [4.78, 5) is 17.3. The number of hydrogen-bond donors (Lipinski definition) is 1. The lowest BCUT2D eigenvalue weighted by molar-refractivity contribution is 0.0997. The zero-order chi connectivity index (χ0) is 14.8. The SMILES string of the molecule is Cc1cnc(NC(=O)c2ccc(-c3ccccc3C)o2)s1. The first-order valence-electron chi connectivity index (χ1n) is 6.53. The van der Waals surface area contributed by atoms with E-state index in [9.17, 15) is 4.79 Å². The first-order valence-corrected chi connectivity index (χ1v) is 7.35. The van der Waals surface area contributed by atoms with Crippen LogP contribution >= 0.6 is 11.3 Å². The number of rotatable bonds is 3. The van der Waals surface area contributed by atoms with Gasteiger partial charge in [-0.2, -0.15) is 0 Å². The van der Waals surface area contributed by atoms with Crippen LogP contribution in [-0.4, -0.2) is 10.9 Å². The van der Waals surface area contributed by atoms with Crippen molar-refractivity contribution in [1.82, 2.24) is 4.98 Å². The number of nitrogens with one attached hydrogen (secondary N) is 1. The topological polar surface area (TPSA) is 55.1 Å². The lowest BCUT2D eigenvalue weighted by atomic mass is 10.1. The number of aryl methyl sites for hydroxylation is 2. The second-order valence-corrected chi connectivity index (χ2v) is 5.94. The van der Waals surface area contributed by atoms with Gasteiger partial charge in [0.25, 0.3) is 5.91 Å². The van der Waals surface area contributed by atoms with E-state index in [0.717, 1.165) is 16.0 Å². The van der Waals surface area contributed by atoms with Gasteiger partial charge in [0.15, 0.2) is 10.9 Å². The molecule has 0 atom stereocenters. The van der Waals surface area contributed by atoms with Crippen LogP contribution in [-0.2, 0) is 0 Å². The van der Waals surface area contributed by atoms with Crippen molar-refractivity contribution in [2.45, 2.75) is 13.8 Å². The maximum Gasteiger partial charge on any atom is 0.293 e. The third-order valence-corrected chi connectivity index (χ3v) is 3.91. The van der Waals surface area contributed by atoms with E-state index in [1.807, 2.05) is 44.2 Å². The molecule has 0 spiro atoms. The van der Waals surface area contributed by atoms with E-state index in [1.54, 1.807) is 12.3 Å². The third kappa shape index (κ3) is 2.87. The zero-order valence-corrected chi connectivity index (χ0v) is 12.5. The molecule has 0 aliphatic carbocycles. The van der Waals surface area contributed by atoms with Crippen molar-refractivity contribution in [3.63, 3.8) is 0 Å². The minimum Gasteiger partial charge on any atom is -0.451 e. The van der Waals surface area contributed by atoms with Crippen LogP contribution in [0.1, 0.15) is 21.0 Å². The maximum atomic E-state index is 12.1. The number of furan rings is 1. The summed E-state index contributed by atoms with van der Waals surface area (Å²) in [6.07, 6.45) is 1.72. The average Bonchev–Trinajstić information content (AvgIpc) is 3.09. The highest BCUT2D eigenvalue weighted by Crippen LogP contribution is 2.26. The number of thiazole rings is 1. The fourth-order valence-corrected chi connectivity index (χ4v) is 2.68. The molecule has 0 aliphatic rings. The summed E-state index contributed by atoms with van der Waals surface area (Å²) in [5.74, 6) is 0.679. The molecule has 0 unspecified atom stereocenters. The van der Waals surface area contributed by atoms with Crippen molar-refractivity contribution < 1.29 is 9.21 Å². The van der Waals surface area contributed by atoms with Gasteiger partial charge in [-0.1, -0.05) is 24.3 Å². The molecule has 0 bridgehead atoms. The minimum atomic E-state index is -0.288. The highest BCUT2D eigenvalue weighted by Gasteiger charge is 2.14. The summed E-state index contributed by atoms with van der Waals surface area (Å²) < 4.78 is 5.66. The summed E-state index contributed by atoms with van der Waals surface area (Å²) in [7, 11) is 0. The summed E-state index contributed by atoms with van der Waals surface area (Å²) in [6.45, 7) is 3.95. The molecule has 0 fully saturated rings. The quantitative estimate of drug-likeness (QED) is 0.785. The summed E-state index contributed by atoms with van der Waals surface area (Å²) in [6, 6.07) is 11.4. The van der Waals surface area contributed by atoms with Crippen LogP contribution in [0.2, 0.25) is 0 Å². The Morgan fingerprint density at radius 1 is 1.19 bits per heavy atom. The van der Waals surface area contributed by atoms with E-state index >= 15 is 0 Å². The van der Waals surface area contributed by atoms with Gasteiger partial charge >= 0.3 is 0 Å². The van der Waals surface area contributed by atoms with Crippen LogP contribution in [0.25, 0.3) is 11.3 Å². The highest BCUT2D eigenvalue weighted by molar-refractivity contribution is 7.15. The van der Waals surface area contributed by atoms with Crippen molar-refractivity contribution in [1.29, 1.82) is 0 Å². The first kappa shape index (κ1) is 13.6. The first-order chi connectivity index (χ1) is 10.1. The lowest BCUT2D eigenvalue weighted by Gasteiger charge is -2.01. The number of nitrogens with zero attached hydrogens (tertiary/aromatic N) is 1. The summed E-state index contributed by atoms with van der Waals surface area (Å²) >= 11 is 1.43. The summed E-state index contributed by atoms with van der Waals surface area (Å²) in [5, 5.41) is 3.31. The van der Waals surface area contributed by atoms with Crippen LogP contribution in [0.4, 0.5) is 5.13 Å². The Kier molecular flexibility index (Phi) is 3.58. The van der Waals surface area contributed by atoms with Crippen molar-refractivity contribution in [2.24, 2.45) is 0 Å². The van der Waals surface area contributed by atoms with E-state index in [0.29, 0.717) is 10.9 Å². The minimum absolute atomic E-state index is 0.279. The van der Waals surface area contributed by atoms with E-state index in [1.165, 1.54) is 11.3 Å². The molecule has 3 aromatic rings. The molecule has 21 heavy (non-hydrogen) atoms. The second-order valence-electron chi connectivity index (χ2n) is 4.71. The molecule has 5 heteroatoms. The molecular formula is C16H14N2O2S. The molecule has 106 valence electrons. The lowest BCUT2D eigenvalue weighted by Crippen LogP contribution is -2.10. The largest absolute Gasteiger partial charge is 0.451 e. The van der Waals surface area contributed by atoms with Crippen LogP contribution < -0.4 is 5.32 Å². The van der Waals surface area contributed by atoms with Crippen LogP contribution in [0.3, 0.4) is 0 Å². The number of benzene rings is 1. The molecule has 4 nitrogen and oxygen atoms in total. The van der Waals surface area contributed by atoms with Gasteiger partial charge in [0.1, 0.15) is 5.76 Å². The molecule has 1 aromatic carbocycles. The Balaban J connectivity index is 1.82. The second kappa shape index (κ2) is 5.54. The maximum absolute atomic E-state index is 12.1. The predicted octanol–water partition coefficient (Wildman–Crippen LogP) is 4.27. The predicted molar refractivity (Wildman–Crippen MR) is 83.7 cm³/mol. The number of hydrogen-bond acceptors (Lipinski definition) is 4. The van der Waals surface area contributed by atoms with Crippen molar-refractivity contribution in [3.05, 3.63) is 58.8 Å². The molecule has 0 aliphatic heterocycles. The monoisotopic (exact) mass is 298 g/mol. The van der Waals surface area contributed by atoms with Crippen molar-refractivity contribution >= 4 is 22.4 Å². The number of anilines is 1. The molecule has 2 aromatic heterocycles. The van der Waals surface area contributed by atoms with Gasteiger partial charge in [-0.3, -0.25) is 10.1 Å². The summed E-state index contributed by atoms with van der Waals surface area (Å²) in [5.41, 5.74) is 2.09. The van der Waals surface area contributed by atoms with Gasteiger partial charge in [0.2, 0.25) is 0 Å². The Hall–Kier alpha value is -2.40. The number of amides is 1. The normalized spacial score (nSPS) is 10.6. The standard InChI is InChI=1S/C16H14N2O2S/c1-10-5-3-4-6-12(10)13-7-8-14(20-13)15(19)18-16-17-9-11(2)21-16/h3-9H,1-2H3,(H,17,18,19). The number of carbonyl (C=O) groups is 1. The van der Waals surface area contributed by atoms with E-state index < -0.39 is 0 Å². The van der Waals surface area contributed by atoms with E-state index in [-0.39, 0.29) is 11.7 Å². The Morgan fingerprint density at radius 3 is 2.71 bits per heavy atom. The van der Waals surface area contributed by atoms with Gasteiger partial charge < -0.3 is 4.42 Å². The molecule has 1 amide bonds. The van der Waals surface area contributed by atoms with E-state index in [2.05, 4.69) is 10.3 Å². The van der Waals surface area contributed by atoms with Gasteiger partial charge in [0, 0.05) is 16.6 Å². The number of aromatic nitrogens is 1. The smallest absolute Gasteiger partial charge is 0.293 e. The Morgan fingerprint density at radius 2 is 2.00 bits per heavy atom. The molecule has 0 radical (unpaired) electrons. The Bertz CT molecular complexity index is 789. The van der Waals surface area contributed by atoms with E-state index in [4.69, 9.17) is 4.42 Å². The van der Waals surface area contributed by atoms with Crippen LogP contribution in [0, 0.1) is 13.8 Å². The van der Waals surface area contributed by atoms with Gasteiger partial charge in [-0.05, 0) is 31.5 Å². The van der Waals surface area contributed by atoms with Gasteiger partial charge in [-0.25, -0.2) is 4.98 Å². The molecule has 0 saturated carbocycles. The van der Waals surface area contributed by atoms with Crippen LogP contribution in [0.15, 0.2) is 47.0 Å². The van der Waals surface area contributed by atoms with Crippen molar-refractivity contribution in [3.8, 4) is 11.3 Å². The van der Waals surface area contributed by atoms with Crippen LogP contribution in [0.5, 0.6) is 0 Å². The molecular weight excluding hydrogens is 284 g/mol.